The summed E-state index contributed by atoms with van der Waals surface area (Å²) in [7, 11) is 0. The fraction of sp³-hybridized carbons (Fsp3) is 0.500. The lowest BCUT2D eigenvalue weighted by Gasteiger charge is -2.31. The first-order chi connectivity index (χ1) is 7.86. The van der Waals surface area contributed by atoms with E-state index in [9.17, 15) is 4.79 Å². The molecular weight excluding hydrogens is 200 g/mol. The number of carbonyl (C=O) groups excluding carboxylic acids is 1. The summed E-state index contributed by atoms with van der Waals surface area (Å²) in [5.41, 5.74) is 2.60. The van der Waals surface area contributed by atoms with Crippen LogP contribution in [-0.4, -0.2) is 5.78 Å². The van der Waals surface area contributed by atoms with Gasteiger partial charge in [0.05, 0.1) is 18.1 Å². The summed E-state index contributed by atoms with van der Waals surface area (Å²) in [5.74, 6) is 1.05. The number of hydrogen-bond acceptors (Lipinski definition) is 2. The van der Waals surface area contributed by atoms with Gasteiger partial charge >= 0.3 is 0 Å². The quantitative estimate of drug-likeness (QED) is 0.663. The van der Waals surface area contributed by atoms with Crippen LogP contribution in [0.15, 0.2) is 24.3 Å². The Morgan fingerprint density at radius 1 is 1.12 bits per heavy atom. The lowest BCUT2D eigenvalue weighted by Crippen LogP contribution is -2.32. The molecule has 2 nitrogen and oxygen atoms in total. The highest BCUT2D eigenvalue weighted by Gasteiger charge is 2.55. The second-order valence-electron chi connectivity index (χ2n) is 5.15. The van der Waals surface area contributed by atoms with Crippen LogP contribution in [0.2, 0.25) is 0 Å². The van der Waals surface area contributed by atoms with Gasteiger partial charge in [-0.3, -0.25) is 4.79 Å². The number of benzene rings is 1. The summed E-state index contributed by atoms with van der Waals surface area (Å²) in [6.45, 7) is 0. The first-order valence-corrected chi connectivity index (χ1v) is 6.13. The van der Waals surface area contributed by atoms with Gasteiger partial charge in [-0.2, -0.15) is 0 Å². The molecule has 3 aliphatic rings. The molecule has 4 atom stereocenters. The van der Waals surface area contributed by atoms with Crippen LogP contribution in [0.3, 0.4) is 0 Å². The number of rotatable bonds is 0. The third-order valence-electron chi connectivity index (χ3n) is 4.41. The van der Waals surface area contributed by atoms with E-state index >= 15 is 0 Å². The molecule has 2 fully saturated rings. The zero-order valence-electron chi connectivity index (χ0n) is 9.06. The third-order valence-corrected chi connectivity index (χ3v) is 4.41. The third kappa shape index (κ3) is 0.938. The van der Waals surface area contributed by atoms with Crippen molar-refractivity contribution in [3.05, 3.63) is 35.4 Å². The topological polar surface area (TPSA) is 26.3 Å². The molecule has 0 amide bonds. The van der Waals surface area contributed by atoms with Crippen LogP contribution >= 0.6 is 0 Å². The minimum absolute atomic E-state index is 0.0685. The van der Waals surface area contributed by atoms with Gasteiger partial charge in [0.25, 0.3) is 0 Å². The van der Waals surface area contributed by atoms with Crippen LogP contribution in [0, 0.1) is 11.8 Å². The molecule has 1 saturated heterocycles. The molecular formula is C14H14O2. The van der Waals surface area contributed by atoms with E-state index in [-0.39, 0.29) is 18.1 Å². The van der Waals surface area contributed by atoms with E-state index in [2.05, 4.69) is 18.2 Å². The smallest absolute Gasteiger partial charge is 0.139 e. The predicted octanol–water partition coefficient (Wildman–Crippen LogP) is 2.80. The number of hydrogen-bond donors (Lipinski definition) is 0. The molecule has 0 aromatic heterocycles. The maximum Gasteiger partial charge on any atom is 0.139 e. The maximum absolute atomic E-state index is 12.0. The van der Waals surface area contributed by atoms with Crippen molar-refractivity contribution in [3.63, 3.8) is 0 Å². The standard InChI is InChI=1S/C14H14O2/c15-11-7-3-6-10-12(11)14-9-5-2-1-4-8(9)13(10)16-14/h1-2,4-5,10,12-14H,3,6-7H2/t10-,12-,13-,14+/m0/s1. The molecule has 2 bridgehead atoms. The van der Waals surface area contributed by atoms with E-state index in [0.29, 0.717) is 11.7 Å². The number of ether oxygens (including phenoxy) is 1. The molecule has 1 saturated carbocycles. The van der Waals surface area contributed by atoms with Crippen molar-refractivity contribution >= 4 is 5.78 Å². The fourth-order valence-corrected chi connectivity index (χ4v) is 3.77. The summed E-state index contributed by atoms with van der Waals surface area (Å²) in [4.78, 5) is 12.0. The molecule has 0 unspecified atom stereocenters. The van der Waals surface area contributed by atoms with E-state index in [1.165, 1.54) is 11.1 Å². The van der Waals surface area contributed by atoms with E-state index in [1.807, 2.05) is 6.07 Å². The Balaban J connectivity index is 1.85. The van der Waals surface area contributed by atoms with Crippen LogP contribution < -0.4 is 0 Å². The van der Waals surface area contributed by atoms with Crippen molar-refractivity contribution in [2.75, 3.05) is 0 Å². The Morgan fingerprint density at radius 2 is 1.88 bits per heavy atom. The first-order valence-electron chi connectivity index (χ1n) is 6.13. The van der Waals surface area contributed by atoms with Crippen LogP contribution in [-0.2, 0) is 9.53 Å². The van der Waals surface area contributed by atoms with Crippen molar-refractivity contribution in [2.45, 2.75) is 31.5 Å². The molecule has 1 aromatic carbocycles. The molecule has 2 aliphatic heterocycles. The molecule has 1 aliphatic carbocycles. The summed E-state index contributed by atoms with van der Waals surface area (Å²) in [5, 5.41) is 0. The number of ketones is 1. The zero-order valence-corrected chi connectivity index (χ0v) is 9.06. The number of fused-ring (bicyclic) bond motifs is 8. The van der Waals surface area contributed by atoms with Gasteiger partial charge in [0, 0.05) is 12.3 Å². The lowest BCUT2D eigenvalue weighted by atomic mass is 9.68. The molecule has 2 heterocycles. The first kappa shape index (κ1) is 8.94. The Labute approximate surface area is 94.6 Å². The fourth-order valence-electron chi connectivity index (χ4n) is 3.77. The Morgan fingerprint density at radius 3 is 2.69 bits per heavy atom. The number of carbonyl (C=O) groups is 1. The van der Waals surface area contributed by atoms with Crippen LogP contribution in [0.25, 0.3) is 0 Å². The monoisotopic (exact) mass is 214 g/mol. The Bertz CT molecular complexity index is 466. The molecule has 16 heavy (non-hydrogen) atoms. The van der Waals surface area contributed by atoms with Gasteiger partial charge in [0.15, 0.2) is 0 Å². The van der Waals surface area contributed by atoms with Crippen molar-refractivity contribution in [3.8, 4) is 0 Å². The molecule has 0 radical (unpaired) electrons. The zero-order chi connectivity index (χ0) is 10.7. The second-order valence-corrected chi connectivity index (χ2v) is 5.15. The SMILES string of the molecule is O=C1CCC[C@H]2[C@@H]1[C@@H]1O[C@H]2c2ccccc21. The van der Waals surface area contributed by atoms with Crippen LogP contribution in [0.5, 0.6) is 0 Å². The van der Waals surface area contributed by atoms with E-state index in [4.69, 9.17) is 4.74 Å². The maximum atomic E-state index is 12.0. The van der Waals surface area contributed by atoms with Crippen molar-refractivity contribution < 1.29 is 9.53 Å². The highest BCUT2D eigenvalue weighted by molar-refractivity contribution is 5.84. The van der Waals surface area contributed by atoms with Crippen LogP contribution in [0.4, 0.5) is 0 Å². The van der Waals surface area contributed by atoms with Gasteiger partial charge in [-0.05, 0) is 24.0 Å². The average Bonchev–Trinajstić information content (AvgIpc) is 2.86. The summed E-state index contributed by atoms with van der Waals surface area (Å²) >= 11 is 0. The normalized spacial score (nSPS) is 39.6. The van der Waals surface area contributed by atoms with Crippen molar-refractivity contribution in [1.29, 1.82) is 0 Å². The van der Waals surface area contributed by atoms with Gasteiger partial charge in [0.2, 0.25) is 0 Å². The van der Waals surface area contributed by atoms with Crippen LogP contribution in [0.1, 0.15) is 42.6 Å². The van der Waals surface area contributed by atoms with Gasteiger partial charge in [-0.15, -0.1) is 0 Å². The molecule has 1 aromatic rings. The lowest BCUT2D eigenvalue weighted by molar-refractivity contribution is -0.127. The van der Waals surface area contributed by atoms with E-state index in [1.54, 1.807) is 0 Å². The van der Waals surface area contributed by atoms with E-state index in [0.717, 1.165) is 19.3 Å². The summed E-state index contributed by atoms with van der Waals surface area (Å²) in [6.07, 6.45) is 3.24. The Kier molecular flexibility index (Phi) is 1.65. The molecule has 82 valence electrons. The molecule has 4 rings (SSSR count). The Hall–Kier alpha value is -1.15. The summed E-state index contributed by atoms with van der Waals surface area (Å²) < 4.78 is 6.04. The van der Waals surface area contributed by atoms with Gasteiger partial charge in [-0.25, -0.2) is 0 Å². The van der Waals surface area contributed by atoms with E-state index < -0.39 is 0 Å². The van der Waals surface area contributed by atoms with Crippen molar-refractivity contribution in [2.24, 2.45) is 11.8 Å². The van der Waals surface area contributed by atoms with Gasteiger partial charge < -0.3 is 4.74 Å². The second kappa shape index (κ2) is 2.95. The molecule has 2 heteroatoms. The number of Topliss-reactive ketones (excluding diaryl/α,β-unsaturated/α-hetero) is 1. The molecule has 0 spiro atoms. The summed E-state index contributed by atoms with van der Waals surface area (Å²) in [6, 6.07) is 8.40. The highest BCUT2D eigenvalue weighted by Crippen LogP contribution is 2.60. The minimum Gasteiger partial charge on any atom is -0.364 e. The largest absolute Gasteiger partial charge is 0.364 e. The van der Waals surface area contributed by atoms with Gasteiger partial charge in [-0.1, -0.05) is 24.3 Å². The predicted molar refractivity (Wildman–Crippen MR) is 58.8 cm³/mol. The van der Waals surface area contributed by atoms with Gasteiger partial charge in [0.1, 0.15) is 5.78 Å². The molecule has 0 N–H and O–H groups in total. The average molecular weight is 214 g/mol. The minimum atomic E-state index is 0.0685. The highest BCUT2D eigenvalue weighted by atomic mass is 16.5. The van der Waals surface area contributed by atoms with Crippen molar-refractivity contribution in [1.82, 2.24) is 0 Å².